The van der Waals surface area contributed by atoms with Gasteiger partial charge in [-0.05, 0) is 12.1 Å². The molecule has 2 heterocycles. The van der Waals surface area contributed by atoms with Gasteiger partial charge in [0.1, 0.15) is 5.69 Å². The van der Waals surface area contributed by atoms with E-state index in [2.05, 4.69) is 20.3 Å². The molecule has 3 rings (SSSR count). The van der Waals surface area contributed by atoms with Gasteiger partial charge in [0.05, 0.1) is 16.5 Å². The molecule has 0 aliphatic carbocycles. The third kappa shape index (κ3) is 3.43. The number of carbonyl (C=O) groups excluding carboxylic acids is 1. The van der Waals surface area contributed by atoms with E-state index < -0.39 is 10.8 Å². The number of para-hydroxylation sites is 1. The number of nitro groups is 1. The second kappa shape index (κ2) is 6.89. The summed E-state index contributed by atoms with van der Waals surface area (Å²) in [6.45, 7) is 0. The number of aliphatic imine (C=N–C) groups is 1. The van der Waals surface area contributed by atoms with E-state index in [9.17, 15) is 14.9 Å². The van der Waals surface area contributed by atoms with Gasteiger partial charge in [0.2, 0.25) is 5.88 Å². The van der Waals surface area contributed by atoms with Crippen molar-refractivity contribution in [2.24, 2.45) is 10.7 Å². The molecule has 0 aliphatic rings. The molecule has 0 bridgehead atoms. The number of amides is 1. The number of hydrogen-bond donors (Lipinski definition) is 3. The number of guanidine groups is 1. The van der Waals surface area contributed by atoms with E-state index in [1.165, 1.54) is 25.4 Å². The number of nitrogens with two attached hydrogens (primary N) is 1. The summed E-state index contributed by atoms with van der Waals surface area (Å²) >= 11 is 0. The molecule has 2 aromatic heterocycles. The molecule has 0 unspecified atom stereocenters. The smallest absolute Gasteiger partial charge is 0.276 e. The van der Waals surface area contributed by atoms with Crippen molar-refractivity contribution in [3.8, 4) is 11.6 Å². The number of rotatable bonds is 4. The molecule has 1 aromatic carbocycles. The minimum Gasteiger partial charge on any atom is -0.437 e. The molecule has 10 nitrogen and oxygen atoms in total. The molecule has 0 spiro atoms. The summed E-state index contributed by atoms with van der Waals surface area (Å²) in [7, 11) is 1.46. The molecular weight excluding hydrogens is 340 g/mol. The molecule has 10 heteroatoms. The third-order valence-electron chi connectivity index (χ3n) is 3.49. The van der Waals surface area contributed by atoms with Crippen molar-refractivity contribution in [1.82, 2.24) is 15.3 Å². The average Bonchev–Trinajstić information content (AvgIpc) is 3.07. The summed E-state index contributed by atoms with van der Waals surface area (Å²) in [5.41, 5.74) is 6.15. The Morgan fingerprint density at radius 1 is 1.38 bits per heavy atom. The Bertz CT molecular complexity index is 1030. The minimum absolute atomic E-state index is 0.00840. The first kappa shape index (κ1) is 16.9. The predicted molar refractivity (Wildman–Crippen MR) is 94.3 cm³/mol. The third-order valence-corrected chi connectivity index (χ3v) is 3.49. The molecule has 0 saturated heterocycles. The van der Waals surface area contributed by atoms with Crippen molar-refractivity contribution < 1.29 is 14.5 Å². The fourth-order valence-corrected chi connectivity index (χ4v) is 2.26. The molecule has 0 radical (unpaired) electrons. The van der Waals surface area contributed by atoms with E-state index >= 15 is 0 Å². The molecule has 1 amide bonds. The van der Waals surface area contributed by atoms with E-state index in [-0.39, 0.29) is 23.2 Å². The van der Waals surface area contributed by atoms with Gasteiger partial charge in [-0.3, -0.25) is 25.2 Å². The highest BCUT2D eigenvalue weighted by atomic mass is 16.6. The lowest BCUT2D eigenvalue weighted by Crippen LogP contribution is -2.36. The monoisotopic (exact) mass is 354 g/mol. The van der Waals surface area contributed by atoms with Gasteiger partial charge < -0.3 is 15.5 Å². The Morgan fingerprint density at radius 2 is 2.19 bits per heavy atom. The number of hydrogen-bond acceptors (Lipinski definition) is 6. The van der Waals surface area contributed by atoms with E-state index in [4.69, 9.17) is 10.5 Å². The van der Waals surface area contributed by atoms with Gasteiger partial charge >= 0.3 is 0 Å². The molecule has 26 heavy (non-hydrogen) atoms. The standard InChI is InChI=1S/C16H14N6O4/c1-18-16(17)21-15(23)11-7-9-3-2-4-12(14(9)20-11)26-13-8-10(22(24)25)5-6-19-13/h2-8,20H,1H3,(H3,17,18,21,23). The zero-order valence-corrected chi connectivity index (χ0v) is 13.6. The minimum atomic E-state index is -0.536. The number of pyridine rings is 1. The van der Waals surface area contributed by atoms with Crippen LogP contribution in [0.15, 0.2) is 47.6 Å². The second-order valence-corrected chi connectivity index (χ2v) is 5.18. The number of fused-ring (bicyclic) bond motifs is 1. The van der Waals surface area contributed by atoms with Crippen LogP contribution in [0.2, 0.25) is 0 Å². The van der Waals surface area contributed by atoms with Crippen LogP contribution in [0.1, 0.15) is 10.5 Å². The van der Waals surface area contributed by atoms with E-state index in [0.717, 1.165) is 0 Å². The van der Waals surface area contributed by atoms with Gasteiger partial charge in [-0.2, -0.15) is 0 Å². The zero-order valence-electron chi connectivity index (χ0n) is 13.6. The highest BCUT2D eigenvalue weighted by Gasteiger charge is 2.14. The lowest BCUT2D eigenvalue weighted by Gasteiger charge is -2.05. The zero-order chi connectivity index (χ0) is 18.7. The highest BCUT2D eigenvalue weighted by Crippen LogP contribution is 2.30. The molecule has 0 atom stereocenters. The first-order chi connectivity index (χ1) is 12.5. The summed E-state index contributed by atoms with van der Waals surface area (Å²) in [6, 6.07) is 9.28. The van der Waals surface area contributed by atoms with Crippen molar-refractivity contribution in [3.63, 3.8) is 0 Å². The average molecular weight is 354 g/mol. The topological polar surface area (TPSA) is 149 Å². The number of carbonyl (C=O) groups is 1. The fourth-order valence-electron chi connectivity index (χ4n) is 2.26. The number of aromatic nitrogens is 2. The Morgan fingerprint density at radius 3 is 2.92 bits per heavy atom. The lowest BCUT2D eigenvalue weighted by molar-refractivity contribution is -0.385. The Kier molecular flexibility index (Phi) is 4.48. The van der Waals surface area contributed by atoms with Crippen LogP contribution < -0.4 is 15.8 Å². The molecule has 132 valence electrons. The van der Waals surface area contributed by atoms with E-state index in [0.29, 0.717) is 16.7 Å². The second-order valence-electron chi connectivity index (χ2n) is 5.18. The van der Waals surface area contributed by atoms with Crippen LogP contribution >= 0.6 is 0 Å². The maximum Gasteiger partial charge on any atom is 0.276 e. The molecule has 0 saturated carbocycles. The summed E-state index contributed by atoms with van der Waals surface area (Å²) in [6.07, 6.45) is 1.29. The molecule has 0 aliphatic heterocycles. The quantitative estimate of drug-likeness (QED) is 0.282. The number of benzene rings is 1. The van der Waals surface area contributed by atoms with Crippen LogP contribution in [-0.2, 0) is 0 Å². The van der Waals surface area contributed by atoms with Crippen molar-refractivity contribution >= 4 is 28.5 Å². The van der Waals surface area contributed by atoms with Crippen molar-refractivity contribution in [1.29, 1.82) is 0 Å². The molecule has 0 fully saturated rings. The van der Waals surface area contributed by atoms with Crippen LogP contribution in [0.3, 0.4) is 0 Å². The molecular formula is C16H14N6O4. The van der Waals surface area contributed by atoms with Gasteiger partial charge in [0, 0.05) is 24.7 Å². The maximum absolute atomic E-state index is 12.1. The van der Waals surface area contributed by atoms with Crippen LogP contribution in [0.4, 0.5) is 5.69 Å². The first-order valence-corrected chi connectivity index (χ1v) is 7.41. The van der Waals surface area contributed by atoms with Gasteiger partial charge in [-0.1, -0.05) is 12.1 Å². The fraction of sp³-hybridized carbons (Fsp3) is 0.0625. The van der Waals surface area contributed by atoms with Crippen molar-refractivity contribution in [3.05, 3.63) is 58.4 Å². The predicted octanol–water partition coefficient (Wildman–Crippen LogP) is 1.94. The van der Waals surface area contributed by atoms with Gasteiger partial charge in [0.25, 0.3) is 11.6 Å². The summed E-state index contributed by atoms with van der Waals surface area (Å²) in [4.78, 5) is 33.0. The SMILES string of the molecule is CN=C(N)NC(=O)c1cc2cccc(Oc3cc([N+](=O)[O-])ccn3)c2[nH]1. The van der Waals surface area contributed by atoms with E-state index in [1.807, 2.05) is 0 Å². The Balaban J connectivity index is 1.93. The summed E-state index contributed by atoms with van der Waals surface area (Å²) < 4.78 is 5.65. The first-order valence-electron chi connectivity index (χ1n) is 7.41. The number of nitrogens with zero attached hydrogens (tertiary/aromatic N) is 3. The number of aromatic amines is 1. The van der Waals surface area contributed by atoms with Gasteiger partial charge in [0.15, 0.2) is 11.7 Å². The van der Waals surface area contributed by atoms with Crippen molar-refractivity contribution in [2.75, 3.05) is 7.05 Å². The highest BCUT2D eigenvalue weighted by molar-refractivity contribution is 6.07. The number of H-pyrrole nitrogens is 1. The van der Waals surface area contributed by atoms with Gasteiger partial charge in [-0.15, -0.1) is 0 Å². The van der Waals surface area contributed by atoms with Gasteiger partial charge in [-0.25, -0.2) is 4.98 Å². The van der Waals surface area contributed by atoms with Crippen LogP contribution in [0, 0.1) is 10.1 Å². The lowest BCUT2D eigenvalue weighted by atomic mass is 10.2. The van der Waals surface area contributed by atoms with E-state index in [1.54, 1.807) is 24.3 Å². The summed E-state index contributed by atoms with van der Waals surface area (Å²) in [5, 5.41) is 14.0. The largest absolute Gasteiger partial charge is 0.437 e. The normalized spacial score (nSPS) is 11.3. The Labute approximate surface area is 146 Å². The number of nitrogens with one attached hydrogen (secondary N) is 2. The molecule has 4 N–H and O–H groups in total. The van der Waals surface area contributed by atoms with Crippen molar-refractivity contribution in [2.45, 2.75) is 0 Å². The summed E-state index contributed by atoms with van der Waals surface area (Å²) in [5.74, 6) is -0.0315. The number of ether oxygens (including phenoxy) is 1. The maximum atomic E-state index is 12.1. The molecule has 3 aromatic rings. The van der Waals surface area contributed by atoms with Crippen LogP contribution in [0.5, 0.6) is 11.6 Å². The van der Waals surface area contributed by atoms with Crippen LogP contribution in [0.25, 0.3) is 10.9 Å². The van der Waals surface area contributed by atoms with Crippen LogP contribution in [-0.4, -0.2) is 33.8 Å². The Hall–Kier alpha value is -3.95.